The van der Waals surface area contributed by atoms with Crippen LogP contribution in [0.5, 0.6) is 0 Å². The molecule has 0 radical (unpaired) electrons. The minimum atomic E-state index is -0.609. The second-order valence-electron chi connectivity index (χ2n) is 4.87. The Hall–Kier alpha value is -1.07. The molecular formula is C15H23FN2OS. The molecule has 0 bridgehead atoms. The molecule has 0 spiro atoms. The molecule has 0 saturated heterocycles. The fourth-order valence-electron chi connectivity index (χ4n) is 2.13. The highest BCUT2D eigenvalue weighted by Gasteiger charge is 2.24. The minimum absolute atomic E-state index is 0.198. The highest BCUT2D eigenvalue weighted by Crippen LogP contribution is 2.29. The number of carbonyl (C=O) groups excluding carboxylic acids is 1. The van der Waals surface area contributed by atoms with Crippen LogP contribution >= 0.6 is 11.8 Å². The lowest BCUT2D eigenvalue weighted by molar-refractivity contribution is 0.1000. The molecule has 3 nitrogen and oxygen atoms in total. The number of thioether (sulfide) groups is 1. The summed E-state index contributed by atoms with van der Waals surface area (Å²) in [5.41, 5.74) is 5.87. The predicted octanol–water partition coefficient (Wildman–Crippen LogP) is 2.94. The van der Waals surface area contributed by atoms with Crippen molar-refractivity contribution in [1.82, 2.24) is 5.32 Å². The van der Waals surface area contributed by atoms with Crippen LogP contribution in [0.25, 0.3) is 0 Å². The Labute approximate surface area is 124 Å². The Morgan fingerprint density at radius 3 is 2.50 bits per heavy atom. The average molecular weight is 298 g/mol. The van der Waals surface area contributed by atoms with Crippen molar-refractivity contribution < 1.29 is 9.18 Å². The zero-order valence-electron chi connectivity index (χ0n) is 12.3. The number of hydrogen-bond donors (Lipinski definition) is 2. The Bertz CT molecular complexity index is 453. The monoisotopic (exact) mass is 298 g/mol. The second-order valence-corrected chi connectivity index (χ2v) is 6.14. The summed E-state index contributed by atoms with van der Waals surface area (Å²) in [7, 11) is 0. The van der Waals surface area contributed by atoms with E-state index >= 15 is 0 Å². The van der Waals surface area contributed by atoms with E-state index < -0.39 is 11.7 Å². The largest absolute Gasteiger partial charge is 0.366 e. The van der Waals surface area contributed by atoms with Crippen LogP contribution in [-0.4, -0.2) is 23.5 Å². The zero-order valence-corrected chi connectivity index (χ0v) is 13.1. The van der Waals surface area contributed by atoms with Crippen molar-refractivity contribution in [2.75, 3.05) is 12.8 Å². The van der Waals surface area contributed by atoms with Crippen LogP contribution in [-0.2, 0) is 6.54 Å². The molecule has 1 aromatic carbocycles. The van der Waals surface area contributed by atoms with Crippen molar-refractivity contribution in [2.45, 2.75) is 38.0 Å². The van der Waals surface area contributed by atoms with E-state index in [9.17, 15) is 9.18 Å². The molecule has 1 rings (SSSR count). The number of hydrogen-bond acceptors (Lipinski definition) is 3. The molecule has 0 atom stereocenters. The first-order valence-electron chi connectivity index (χ1n) is 6.82. The molecule has 0 aliphatic rings. The molecule has 1 amide bonds. The number of halogens is 1. The molecule has 20 heavy (non-hydrogen) atoms. The maximum Gasteiger partial charge on any atom is 0.248 e. The summed E-state index contributed by atoms with van der Waals surface area (Å²) >= 11 is 1.85. The van der Waals surface area contributed by atoms with Gasteiger partial charge < -0.3 is 11.1 Å². The first-order chi connectivity index (χ1) is 9.48. The van der Waals surface area contributed by atoms with Gasteiger partial charge in [0.15, 0.2) is 0 Å². The number of benzene rings is 1. The van der Waals surface area contributed by atoms with Crippen LogP contribution < -0.4 is 11.1 Å². The van der Waals surface area contributed by atoms with Crippen molar-refractivity contribution in [2.24, 2.45) is 5.73 Å². The molecule has 0 aromatic heterocycles. The van der Waals surface area contributed by atoms with Crippen LogP contribution in [0.1, 0.15) is 42.6 Å². The molecule has 0 fully saturated rings. The summed E-state index contributed by atoms with van der Waals surface area (Å²) in [4.78, 5) is 11.0. The van der Waals surface area contributed by atoms with E-state index in [1.807, 2.05) is 11.8 Å². The summed E-state index contributed by atoms with van der Waals surface area (Å²) in [5.74, 6) is -1.00. The van der Waals surface area contributed by atoms with E-state index in [4.69, 9.17) is 5.73 Å². The van der Waals surface area contributed by atoms with Gasteiger partial charge in [-0.05, 0) is 31.2 Å². The number of rotatable bonds is 8. The van der Waals surface area contributed by atoms with E-state index in [1.54, 1.807) is 12.1 Å². The summed E-state index contributed by atoms with van der Waals surface area (Å²) in [6.07, 6.45) is 4.25. The van der Waals surface area contributed by atoms with Gasteiger partial charge in [0.1, 0.15) is 5.82 Å². The molecule has 0 aliphatic heterocycles. The van der Waals surface area contributed by atoms with Gasteiger partial charge in [0.05, 0.1) is 0 Å². The number of primary amides is 1. The molecule has 0 aliphatic carbocycles. The Kier molecular flexibility index (Phi) is 6.49. The van der Waals surface area contributed by atoms with E-state index in [0.29, 0.717) is 12.1 Å². The lowest BCUT2D eigenvalue weighted by Crippen LogP contribution is -2.36. The summed E-state index contributed by atoms with van der Waals surface area (Å²) in [6, 6.07) is 4.37. The van der Waals surface area contributed by atoms with E-state index in [0.717, 1.165) is 19.4 Å². The maximum absolute atomic E-state index is 13.8. The number of carbonyl (C=O) groups is 1. The van der Waals surface area contributed by atoms with Crippen molar-refractivity contribution in [3.8, 4) is 0 Å². The maximum atomic E-state index is 13.8. The number of amides is 1. The fraction of sp³-hybridized carbons (Fsp3) is 0.533. The summed E-state index contributed by atoms with van der Waals surface area (Å²) < 4.78 is 14.0. The van der Waals surface area contributed by atoms with Crippen molar-refractivity contribution >= 4 is 17.7 Å². The summed E-state index contributed by atoms with van der Waals surface area (Å²) in [6.45, 7) is 5.62. The van der Waals surface area contributed by atoms with Gasteiger partial charge in [-0.1, -0.05) is 19.9 Å². The first-order valence-corrected chi connectivity index (χ1v) is 8.04. The van der Waals surface area contributed by atoms with Crippen LogP contribution in [0.15, 0.2) is 18.2 Å². The van der Waals surface area contributed by atoms with Gasteiger partial charge in [0.2, 0.25) is 5.91 Å². The first kappa shape index (κ1) is 17.0. The Morgan fingerprint density at radius 1 is 1.40 bits per heavy atom. The van der Waals surface area contributed by atoms with Crippen molar-refractivity contribution in [3.05, 3.63) is 35.1 Å². The molecule has 3 N–H and O–H groups in total. The number of nitrogens with two attached hydrogens (primary N) is 1. The molecule has 5 heteroatoms. The zero-order chi connectivity index (χ0) is 15.2. The normalized spacial score (nSPS) is 11.6. The van der Waals surface area contributed by atoms with Gasteiger partial charge >= 0.3 is 0 Å². The molecule has 1 aromatic rings. The van der Waals surface area contributed by atoms with E-state index in [1.165, 1.54) is 6.07 Å². The van der Waals surface area contributed by atoms with E-state index in [2.05, 4.69) is 25.4 Å². The van der Waals surface area contributed by atoms with Crippen molar-refractivity contribution in [3.63, 3.8) is 0 Å². The SMILES string of the molecule is CCC(CC)(CNCc1ccc(C(N)=O)cc1F)SC. The molecule has 0 heterocycles. The third-order valence-electron chi connectivity index (χ3n) is 3.82. The number of nitrogens with one attached hydrogen (secondary N) is 1. The van der Waals surface area contributed by atoms with Gasteiger partial charge in [-0.3, -0.25) is 4.79 Å². The summed E-state index contributed by atoms with van der Waals surface area (Å²) in [5, 5.41) is 3.31. The van der Waals surface area contributed by atoms with E-state index in [-0.39, 0.29) is 10.3 Å². The highest BCUT2D eigenvalue weighted by molar-refractivity contribution is 8.00. The lowest BCUT2D eigenvalue weighted by Gasteiger charge is -2.30. The predicted molar refractivity (Wildman–Crippen MR) is 83.5 cm³/mol. The highest BCUT2D eigenvalue weighted by atomic mass is 32.2. The Morgan fingerprint density at radius 2 is 2.05 bits per heavy atom. The van der Waals surface area contributed by atoms with Crippen LogP contribution in [0.4, 0.5) is 4.39 Å². The lowest BCUT2D eigenvalue weighted by atomic mass is 10.0. The van der Waals surface area contributed by atoms with Gasteiger partial charge in [0, 0.05) is 29.0 Å². The average Bonchev–Trinajstić information content (AvgIpc) is 2.45. The van der Waals surface area contributed by atoms with Gasteiger partial charge in [-0.2, -0.15) is 11.8 Å². The smallest absolute Gasteiger partial charge is 0.248 e. The standard InChI is InChI=1S/C15H23FN2OS/c1-4-15(5-2,20-3)10-18-9-12-7-6-11(14(17)19)8-13(12)16/h6-8,18H,4-5,9-10H2,1-3H3,(H2,17,19). The quantitative estimate of drug-likeness (QED) is 0.776. The topological polar surface area (TPSA) is 55.1 Å². The van der Waals surface area contributed by atoms with Crippen LogP contribution in [0.2, 0.25) is 0 Å². The minimum Gasteiger partial charge on any atom is -0.366 e. The second kappa shape index (κ2) is 7.64. The molecule has 112 valence electrons. The van der Waals surface area contributed by atoms with Crippen LogP contribution in [0.3, 0.4) is 0 Å². The van der Waals surface area contributed by atoms with Gasteiger partial charge in [0.25, 0.3) is 0 Å². The molecular weight excluding hydrogens is 275 g/mol. The third kappa shape index (κ3) is 4.21. The van der Waals surface area contributed by atoms with Crippen molar-refractivity contribution in [1.29, 1.82) is 0 Å². The molecule has 0 unspecified atom stereocenters. The van der Waals surface area contributed by atoms with Gasteiger partial charge in [-0.15, -0.1) is 0 Å². The third-order valence-corrected chi connectivity index (χ3v) is 5.41. The van der Waals surface area contributed by atoms with Gasteiger partial charge in [-0.25, -0.2) is 4.39 Å². The fourth-order valence-corrected chi connectivity index (χ4v) is 2.95. The Balaban J connectivity index is 2.64. The van der Waals surface area contributed by atoms with Crippen LogP contribution in [0, 0.1) is 5.82 Å². The molecule has 0 saturated carbocycles.